The number of halogens is 1. The number of amides is 1. The van der Waals surface area contributed by atoms with Crippen LogP contribution in [0.15, 0.2) is 18.2 Å². The third-order valence-electron chi connectivity index (χ3n) is 3.32. The topological polar surface area (TPSA) is 41.6 Å². The van der Waals surface area contributed by atoms with Crippen molar-refractivity contribution in [2.75, 3.05) is 25.0 Å². The minimum Gasteiger partial charge on any atom is -0.491 e. The van der Waals surface area contributed by atoms with Crippen molar-refractivity contribution >= 4 is 11.6 Å². The Labute approximate surface area is 118 Å². The van der Waals surface area contributed by atoms with Gasteiger partial charge in [-0.3, -0.25) is 4.79 Å². The van der Waals surface area contributed by atoms with Crippen molar-refractivity contribution in [1.29, 1.82) is 0 Å². The molecule has 1 saturated carbocycles. The second-order valence-electron chi connectivity index (χ2n) is 4.84. The minimum atomic E-state index is -0.418. The van der Waals surface area contributed by atoms with Gasteiger partial charge in [0.05, 0.1) is 13.2 Å². The standard InChI is InChI=1S/C15H21FN2O2/c1-3-18(12-6-7-12)15(19)10-17-11-5-8-14(20-4-2)13(16)9-11/h5,8-9,12,17H,3-4,6-7,10H2,1-2H3. The highest BCUT2D eigenvalue weighted by molar-refractivity contribution is 5.81. The molecule has 0 aromatic heterocycles. The van der Waals surface area contributed by atoms with Gasteiger partial charge in [-0.05, 0) is 38.8 Å². The van der Waals surface area contributed by atoms with Gasteiger partial charge < -0.3 is 15.0 Å². The molecule has 1 N–H and O–H groups in total. The van der Waals surface area contributed by atoms with Crippen LogP contribution in [0.5, 0.6) is 5.75 Å². The van der Waals surface area contributed by atoms with E-state index in [1.54, 1.807) is 12.1 Å². The molecule has 1 aromatic carbocycles. The lowest BCUT2D eigenvalue weighted by molar-refractivity contribution is -0.129. The fourth-order valence-electron chi connectivity index (χ4n) is 2.19. The number of hydrogen-bond donors (Lipinski definition) is 1. The predicted octanol–water partition coefficient (Wildman–Crippen LogP) is 2.65. The third-order valence-corrected chi connectivity index (χ3v) is 3.32. The first kappa shape index (κ1) is 14.6. The number of ether oxygens (including phenoxy) is 1. The minimum absolute atomic E-state index is 0.0595. The van der Waals surface area contributed by atoms with Gasteiger partial charge in [0.15, 0.2) is 11.6 Å². The molecular weight excluding hydrogens is 259 g/mol. The zero-order chi connectivity index (χ0) is 14.5. The lowest BCUT2D eigenvalue weighted by Crippen LogP contribution is -2.37. The lowest BCUT2D eigenvalue weighted by atomic mass is 10.3. The summed E-state index contributed by atoms with van der Waals surface area (Å²) in [7, 11) is 0. The Morgan fingerprint density at radius 3 is 2.75 bits per heavy atom. The van der Waals surface area contributed by atoms with Gasteiger partial charge in [0, 0.05) is 24.3 Å². The quantitative estimate of drug-likeness (QED) is 0.835. The van der Waals surface area contributed by atoms with Crippen LogP contribution < -0.4 is 10.1 Å². The van der Waals surface area contributed by atoms with E-state index < -0.39 is 5.82 Å². The van der Waals surface area contributed by atoms with Crippen molar-refractivity contribution in [3.8, 4) is 5.75 Å². The number of likely N-dealkylation sites (N-methyl/N-ethyl adjacent to an activating group) is 1. The fourth-order valence-corrected chi connectivity index (χ4v) is 2.19. The van der Waals surface area contributed by atoms with Crippen molar-refractivity contribution < 1.29 is 13.9 Å². The molecule has 0 radical (unpaired) electrons. The molecule has 5 heteroatoms. The van der Waals surface area contributed by atoms with Crippen LogP contribution in [0.2, 0.25) is 0 Å². The Kier molecular flexibility index (Phi) is 4.82. The molecule has 0 spiro atoms. The number of hydrogen-bond acceptors (Lipinski definition) is 3. The van der Waals surface area contributed by atoms with Gasteiger partial charge in [-0.1, -0.05) is 0 Å². The van der Waals surface area contributed by atoms with Crippen molar-refractivity contribution in [2.24, 2.45) is 0 Å². The number of benzene rings is 1. The summed E-state index contributed by atoms with van der Waals surface area (Å²) in [6.45, 7) is 5.13. The number of nitrogens with zero attached hydrogens (tertiary/aromatic N) is 1. The van der Waals surface area contributed by atoms with Gasteiger partial charge in [-0.2, -0.15) is 0 Å². The highest BCUT2D eigenvalue weighted by Gasteiger charge is 2.30. The van der Waals surface area contributed by atoms with Gasteiger partial charge >= 0.3 is 0 Å². The van der Waals surface area contributed by atoms with Gasteiger partial charge in [0.2, 0.25) is 5.91 Å². The van der Waals surface area contributed by atoms with Gasteiger partial charge in [0.1, 0.15) is 0 Å². The average Bonchev–Trinajstić information content (AvgIpc) is 3.25. The van der Waals surface area contributed by atoms with Crippen LogP contribution in [0.4, 0.5) is 10.1 Å². The van der Waals surface area contributed by atoms with Gasteiger partial charge in [-0.15, -0.1) is 0 Å². The Hall–Kier alpha value is -1.78. The molecule has 1 fully saturated rings. The van der Waals surface area contributed by atoms with E-state index in [9.17, 15) is 9.18 Å². The molecular formula is C15H21FN2O2. The van der Waals surface area contributed by atoms with E-state index >= 15 is 0 Å². The third kappa shape index (κ3) is 3.62. The predicted molar refractivity (Wildman–Crippen MR) is 76.5 cm³/mol. The summed E-state index contributed by atoms with van der Waals surface area (Å²) in [6.07, 6.45) is 2.19. The smallest absolute Gasteiger partial charge is 0.242 e. The molecule has 2 rings (SSSR count). The molecule has 0 heterocycles. The number of carbonyl (C=O) groups excluding carboxylic acids is 1. The zero-order valence-electron chi connectivity index (χ0n) is 12.0. The fraction of sp³-hybridized carbons (Fsp3) is 0.533. The first-order valence-electron chi connectivity index (χ1n) is 7.11. The molecule has 0 saturated heterocycles. The summed E-state index contributed by atoms with van der Waals surface area (Å²) in [5.74, 6) is -0.124. The molecule has 1 aliphatic carbocycles. The normalized spacial score (nSPS) is 13.9. The second-order valence-corrected chi connectivity index (χ2v) is 4.84. The van der Waals surface area contributed by atoms with Gasteiger partial charge in [0.25, 0.3) is 0 Å². The van der Waals surface area contributed by atoms with Crippen molar-refractivity contribution in [2.45, 2.75) is 32.7 Å². The van der Waals surface area contributed by atoms with Crippen LogP contribution in [0.25, 0.3) is 0 Å². The molecule has 0 atom stereocenters. The maximum atomic E-state index is 13.7. The molecule has 0 aliphatic heterocycles. The van der Waals surface area contributed by atoms with E-state index in [0.717, 1.165) is 19.4 Å². The molecule has 1 aliphatic rings. The highest BCUT2D eigenvalue weighted by atomic mass is 19.1. The van der Waals surface area contributed by atoms with E-state index in [1.165, 1.54) is 6.07 Å². The van der Waals surface area contributed by atoms with E-state index in [2.05, 4.69) is 5.32 Å². The molecule has 20 heavy (non-hydrogen) atoms. The Morgan fingerprint density at radius 1 is 1.45 bits per heavy atom. The van der Waals surface area contributed by atoms with E-state index in [0.29, 0.717) is 18.3 Å². The van der Waals surface area contributed by atoms with Crippen LogP contribution in [-0.2, 0) is 4.79 Å². The zero-order valence-corrected chi connectivity index (χ0v) is 12.0. The number of rotatable bonds is 7. The van der Waals surface area contributed by atoms with Crippen LogP contribution in [0, 0.1) is 5.82 Å². The molecule has 1 amide bonds. The summed E-state index contributed by atoms with van der Waals surface area (Å²) >= 11 is 0. The Morgan fingerprint density at radius 2 is 2.20 bits per heavy atom. The Balaban J connectivity index is 1.90. The summed E-state index contributed by atoms with van der Waals surface area (Å²) < 4.78 is 18.8. The first-order chi connectivity index (χ1) is 9.65. The summed E-state index contributed by atoms with van der Waals surface area (Å²) in [5.41, 5.74) is 0.589. The van der Waals surface area contributed by atoms with Crippen LogP contribution in [-0.4, -0.2) is 36.5 Å². The van der Waals surface area contributed by atoms with E-state index in [4.69, 9.17) is 4.74 Å². The average molecular weight is 280 g/mol. The van der Waals surface area contributed by atoms with Crippen molar-refractivity contribution in [1.82, 2.24) is 4.90 Å². The van der Waals surface area contributed by atoms with Gasteiger partial charge in [-0.25, -0.2) is 4.39 Å². The Bertz CT molecular complexity index is 475. The number of anilines is 1. The second kappa shape index (κ2) is 6.59. The van der Waals surface area contributed by atoms with Crippen LogP contribution in [0.3, 0.4) is 0 Å². The molecule has 0 unspecified atom stereocenters. The maximum Gasteiger partial charge on any atom is 0.242 e. The number of nitrogens with one attached hydrogen (secondary N) is 1. The highest BCUT2D eigenvalue weighted by Crippen LogP contribution is 2.26. The maximum absolute atomic E-state index is 13.7. The summed E-state index contributed by atoms with van der Waals surface area (Å²) in [4.78, 5) is 13.9. The van der Waals surface area contributed by atoms with E-state index in [1.807, 2.05) is 18.7 Å². The SMILES string of the molecule is CCOc1ccc(NCC(=O)N(CC)C2CC2)cc1F. The number of carbonyl (C=O) groups is 1. The largest absolute Gasteiger partial charge is 0.491 e. The van der Waals surface area contributed by atoms with Crippen LogP contribution in [0.1, 0.15) is 26.7 Å². The first-order valence-corrected chi connectivity index (χ1v) is 7.11. The molecule has 0 bridgehead atoms. The molecule has 1 aromatic rings. The summed E-state index contributed by atoms with van der Waals surface area (Å²) in [5, 5.41) is 2.97. The van der Waals surface area contributed by atoms with Crippen LogP contribution >= 0.6 is 0 Å². The summed E-state index contributed by atoms with van der Waals surface area (Å²) in [6, 6.07) is 5.05. The molecule has 4 nitrogen and oxygen atoms in total. The lowest BCUT2D eigenvalue weighted by Gasteiger charge is -2.20. The van der Waals surface area contributed by atoms with E-state index in [-0.39, 0.29) is 18.2 Å². The monoisotopic (exact) mass is 280 g/mol. The molecule has 110 valence electrons. The van der Waals surface area contributed by atoms with Crippen molar-refractivity contribution in [3.63, 3.8) is 0 Å². The van der Waals surface area contributed by atoms with Crippen molar-refractivity contribution in [3.05, 3.63) is 24.0 Å².